The Labute approximate surface area is 167 Å². The third-order valence-corrected chi connectivity index (χ3v) is 4.81. The highest BCUT2D eigenvalue weighted by atomic mass is 16.5. The van der Waals surface area contributed by atoms with E-state index in [-0.39, 0.29) is 11.8 Å². The van der Waals surface area contributed by atoms with Crippen molar-refractivity contribution < 1.29 is 19.1 Å². The average molecular weight is 386 g/mol. The number of nitrogens with one attached hydrogen (secondary N) is 2. The Morgan fingerprint density at radius 3 is 2.61 bits per heavy atom. The van der Waals surface area contributed by atoms with E-state index in [4.69, 9.17) is 9.47 Å². The molecule has 0 atom stereocenters. The van der Waals surface area contributed by atoms with E-state index in [1.165, 1.54) is 6.08 Å². The summed E-state index contributed by atoms with van der Waals surface area (Å²) in [4.78, 5) is 25.1. The predicted molar refractivity (Wildman–Crippen MR) is 110 cm³/mol. The maximum atomic E-state index is 12.5. The molecule has 0 radical (unpaired) electrons. The van der Waals surface area contributed by atoms with E-state index in [0.717, 1.165) is 24.8 Å². The van der Waals surface area contributed by atoms with E-state index in [9.17, 15) is 9.59 Å². The second-order valence-electron chi connectivity index (χ2n) is 6.83. The smallest absolute Gasteiger partial charge is 0.245 e. The van der Waals surface area contributed by atoms with Crippen LogP contribution in [-0.4, -0.2) is 37.6 Å². The van der Waals surface area contributed by atoms with Crippen LogP contribution in [0.1, 0.15) is 44.6 Å². The molecule has 1 aromatic carbocycles. The summed E-state index contributed by atoms with van der Waals surface area (Å²) in [5.41, 5.74) is -0.0101. The molecule has 2 rings (SSSR count). The summed E-state index contributed by atoms with van der Waals surface area (Å²) in [6, 6.07) is 5.42. The molecule has 6 heteroatoms. The van der Waals surface area contributed by atoms with Crippen molar-refractivity contribution in [3.8, 4) is 11.5 Å². The molecule has 28 heavy (non-hydrogen) atoms. The molecule has 0 spiro atoms. The number of hydrogen-bond donors (Lipinski definition) is 2. The molecule has 2 N–H and O–H groups in total. The van der Waals surface area contributed by atoms with Crippen molar-refractivity contribution in [3.63, 3.8) is 0 Å². The lowest BCUT2D eigenvalue weighted by Gasteiger charge is -2.36. The van der Waals surface area contributed by atoms with E-state index < -0.39 is 5.54 Å². The first-order valence-electron chi connectivity index (χ1n) is 9.75. The molecule has 2 amide bonds. The van der Waals surface area contributed by atoms with E-state index in [1.807, 2.05) is 13.0 Å². The summed E-state index contributed by atoms with van der Waals surface area (Å²) >= 11 is 0. The lowest BCUT2D eigenvalue weighted by atomic mass is 9.80. The summed E-state index contributed by atoms with van der Waals surface area (Å²) < 4.78 is 10.9. The Kier molecular flexibility index (Phi) is 8.11. The standard InChI is InChI=1S/C22H30N2O4/c1-4-15-28-18-11-9-17(16-19(18)27-3)10-12-20(25)24-22(21(26)23-5-2)13-7-6-8-14-22/h4,9-12,16H,1,5-8,13-15H2,2-3H3,(H,23,26)(H,24,25)/b12-10+. The van der Waals surface area contributed by atoms with Crippen LogP contribution in [0.15, 0.2) is 36.9 Å². The Morgan fingerprint density at radius 2 is 1.96 bits per heavy atom. The lowest BCUT2D eigenvalue weighted by molar-refractivity contribution is -0.133. The minimum absolute atomic E-state index is 0.0955. The summed E-state index contributed by atoms with van der Waals surface area (Å²) in [5.74, 6) is 0.817. The number of hydrogen-bond acceptors (Lipinski definition) is 4. The van der Waals surface area contributed by atoms with Crippen molar-refractivity contribution in [2.75, 3.05) is 20.3 Å². The highest BCUT2D eigenvalue weighted by Gasteiger charge is 2.40. The van der Waals surface area contributed by atoms with Crippen LogP contribution >= 0.6 is 0 Å². The zero-order valence-corrected chi connectivity index (χ0v) is 16.8. The zero-order chi connectivity index (χ0) is 20.4. The fraction of sp³-hybridized carbons (Fsp3) is 0.455. The molecule has 152 valence electrons. The number of rotatable bonds is 9. The lowest BCUT2D eigenvalue weighted by Crippen LogP contribution is -2.59. The van der Waals surface area contributed by atoms with Crippen molar-refractivity contribution in [2.45, 2.75) is 44.6 Å². The topological polar surface area (TPSA) is 76.7 Å². The van der Waals surface area contributed by atoms with Crippen LogP contribution < -0.4 is 20.1 Å². The van der Waals surface area contributed by atoms with Gasteiger partial charge in [-0.25, -0.2) is 0 Å². The van der Waals surface area contributed by atoms with Crippen LogP contribution in [0.3, 0.4) is 0 Å². The molecule has 0 heterocycles. The molecule has 0 saturated heterocycles. The van der Waals surface area contributed by atoms with Gasteiger partial charge in [0.15, 0.2) is 11.5 Å². The molecule has 1 aliphatic carbocycles. The van der Waals surface area contributed by atoms with E-state index in [0.29, 0.717) is 37.5 Å². The molecule has 1 saturated carbocycles. The van der Waals surface area contributed by atoms with Gasteiger partial charge in [-0.3, -0.25) is 9.59 Å². The Hall–Kier alpha value is -2.76. The first-order chi connectivity index (χ1) is 13.5. The quantitative estimate of drug-likeness (QED) is 0.505. The summed E-state index contributed by atoms with van der Waals surface area (Å²) in [5, 5.41) is 5.81. The third kappa shape index (κ3) is 5.62. The van der Waals surface area contributed by atoms with Gasteiger partial charge >= 0.3 is 0 Å². The molecule has 1 aromatic rings. The molecule has 1 fully saturated rings. The maximum Gasteiger partial charge on any atom is 0.245 e. The summed E-state index contributed by atoms with van der Waals surface area (Å²) in [6.07, 6.45) is 9.11. The van der Waals surface area contributed by atoms with Crippen molar-refractivity contribution in [3.05, 3.63) is 42.5 Å². The summed E-state index contributed by atoms with van der Waals surface area (Å²) in [6.45, 7) is 6.44. The van der Waals surface area contributed by atoms with Gasteiger partial charge in [0.1, 0.15) is 12.1 Å². The number of carbonyl (C=O) groups excluding carboxylic acids is 2. The second-order valence-corrected chi connectivity index (χ2v) is 6.83. The Bertz CT molecular complexity index is 721. The Morgan fingerprint density at radius 1 is 1.21 bits per heavy atom. The van der Waals surface area contributed by atoms with Crippen LogP contribution in [0.2, 0.25) is 0 Å². The second kappa shape index (κ2) is 10.5. The predicted octanol–water partition coefficient (Wildman–Crippen LogP) is 3.23. The molecule has 6 nitrogen and oxygen atoms in total. The van der Waals surface area contributed by atoms with Crippen LogP contribution in [0.5, 0.6) is 11.5 Å². The van der Waals surface area contributed by atoms with Gasteiger partial charge in [0, 0.05) is 12.6 Å². The molecule has 0 bridgehead atoms. The van der Waals surface area contributed by atoms with Crippen molar-refractivity contribution in [1.82, 2.24) is 10.6 Å². The average Bonchev–Trinajstić information content (AvgIpc) is 2.71. The van der Waals surface area contributed by atoms with Gasteiger partial charge in [0.2, 0.25) is 11.8 Å². The minimum atomic E-state index is -0.810. The van der Waals surface area contributed by atoms with Gasteiger partial charge in [-0.2, -0.15) is 0 Å². The first-order valence-corrected chi connectivity index (χ1v) is 9.75. The monoisotopic (exact) mass is 386 g/mol. The van der Waals surface area contributed by atoms with Crippen molar-refractivity contribution >= 4 is 17.9 Å². The van der Waals surface area contributed by atoms with Gasteiger partial charge in [-0.05, 0) is 43.5 Å². The fourth-order valence-corrected chi connectivity index (χ4v) is 3.40. The van der Waals surface area contributed by atoms with Gasteiger partial charge < -0.3 is 20.1 Å². The molecular weight excluding hydrogens is 356 g/mol. The van der Waals surface area contributed by atoms with Crippen LogP contribution in [-0.2, 0) is 9.59 Å². The van der Waals surface area contributed by atoms with Crippen LogP contribution in [0, 0.1) is 0 Å². The van der Waals surface area contributed by atoms with Gasteiger partial charge in [0.25, 0.3) is 0 Å². The zero-order valence-electron chi connectivity index (χ0n) is 16.8. The maximum absolute atomic E-state index is 12.5. The third-order valence-electron chi connectivity index (χ3n) is 4.81. The molecule has 0 unspecified atom stereocenters. The van der Waals surface area contributed by atoms with E-state index >= 15 is 0 Å². The number of methoxy groups -OCH3 is 1. The highest BCUT2D eigenvalue weighted by molar-refractivity contribution is 5.97. The number of carbonyl (C=O) groups is 2. The van der Waals surface area contributed by atoms with Crippen LogP contribution in [0.4, 0.5) is 0 Å². The number of likely N-dealkylation sites (N-methyl/N-ethyl adjacent to an activating group) is 1. The Balaban J connectivity index is 2.09. The van der Waals surface area contributed by atoms with Crippen molar-refractivity contribution in [2.24, 2.45) is 0 Å². The van der Waals surface area contributed by atoms with E-state index in [1.54, 1.807) is 31.4 Å². The number of benzene rings is 1. The van der Waals surface area contributed by atoms with Gasteiger partial charge in [-0.15, -0.1) is 0 Å². The first kappa shape index (κ1) is 21.5. The largest absolute Gasteiger partial charge is 0.493 e. The van der Waals surface area contributed by atoms with Gasteiger partial charge in [0.05, 0.1) is 7.11 Å². The molecule has 0 aromatic heterocycles. The molecular formula is C22H30N2O4. The molecule has 1 aliphatic rings. The fourth-order valence-electron chi connectivity index (χ4n) is 3.40. The highest BCUT2D eigenvalue weighted by Crippen LogP contribution is 2.30. The minimum Gasteiger partial charge on any atom is -0.493 e. The SMILES string of the molecule is C=CCOc1ccc(/C=C/C(=O)NC2(C(=O)NCC)CCCCC2)cc1OC. The van der Waals surface area contributed by atoms with Crippen molar-refractivity contribution in [1.29, 1.82) is 0 Å². The number of ether oxygens (including phenoxy) is 2. The van der Waals surface area contributed by atoms with Crippen LogP contribution in [0.25, 0.3) is 6.08 Å². The normalized spacial score (nSPS) is 15.6. The number of amides is 2. The molecule has 0 aliphatic heterocycles. The summed E-state index contributed by atoms with van der Waals surface area (Å²) in [7, 11) is 1.56. The van der Waals surface area contributed by atoms with E-state index in [2.05, 4.69) is 17.2 Å². The van der Waals surface area contributed by atoms with Gasteiger partial charge in [-0.1, -0.05) is 38.0 Å².